The number of aromatic nitrogens is 2. The second-order valence-electron chi connectivity index (χ2n) is 7.83. The first-order chi connectivity index (χ1) is 16.1. The van der Waals surface area contributed by atoms with Crippen molar-refractivity contribution >= 4 is 39.2 Å². The number of anilines is 1. The van der Waals surface area contributed by atoms with E-state index in [9.17, 15) is 14.9 Å². The van der Waals surface area contributed by atoms with E-state index in [4.69, 9.17) is 4.74 Å². The van der Waals surface area contributed by atoms with E-state index < -0.39 is 18.5 Å². The zero-order chi connectivity index (χ0) is 22.8. The number of aromatic amines is 1. The minimum Gasteiger partial charge on any atom is -0.452 e. The molecule has 1 amide bonds. The number of ether oxygens (including phenoxy) is 1. The average Bonchev–Trinajstić information content (AvgIpc) is 3.43. The summed E-state index contributed by atoms with van der Waals surface area (Å²) in [6.45, 7) is -0.428. The summed E-state index contributed by atoms with van der Waals surface area (Å²) in [7, 11) is 0. The van der Waals surface area contributed by atoms with Crippen LogP contribution in [0.25, 0.3) is 22.4 Å². The van der Waals surface area contributed by atoms with Gasteiger partial charge in [-0.05, 0) is 49.4 Å². The van der Waals surface area contributed by atoms with E-state index in [0.717, 1.165) is 47.2 Å². The number of esters is 1. The minimum absolute atomic E-state index is 0.322. The van der Waals surface area contributed by atoms with E-state index >= 15 is 0 Å². The summed E-state index contributed by atoms with van der Waals surface area (Å²) in [5.74, 6) is -0.358. The Morgan fingerprint density at radius 3 is 2.79 bits per heavy atom. The Morgan fingerprint density at radius 2 is 1.97 bits per heavy atom. The number of carbonyl (C=O) groups excluding carboxylic acids is 2. The van der Waals surface area contributed by atoms with Gasteiger partial charge >= 0.3 is 5.97 Å². The topological polar surface area (TPSA) is 108 Å². The van der Waals surface area contributed by atoms with Gasteiger partial charge in [-0.15, -0.1) is 11.3 Å². The highest BCUT2D eigenvalue weighted by Crippen LogP contribution is 2.37. The number of imidazole rings is 1. The van der Waals surface area contributed by atoms with Gasteiger partial charge in [0.05, 0.1) is 22.2 Å². The molecule has 0 saturated heterocycles. The number of carbonyl (C=O) groups is 2. The Hall–Kier alpha value is -3.96. The largest absolute Gasteiger partial charge is 0.452 e. The molecule has 2 aromatic heterocycles. The van der Waals surface area contributed by atoms with Crippen LogP contribution in [0.2, 0.25) is 0 Å². The van der Waals surface area contributed by atoms with Crippen molar-refractivity contribution < 1.29 is 14.3 Å². The van der Waals surface area contributed by atoms with E-state index in [0.29, 0.717) is 27.5 Å². The van der Waals surface area contributed by atoms with Gasteiger partial charge in [-0.2, -0.15) is 5.26 Å². The molecule has 0 aliphatic heterocycles. The fraction of sp³-hybridized carbons (Fsp3) is 0.200. The third-order valence-corrected chi connectivity index (χ3v) is 6.84. The van der Waals surface area contributed by atoms with Crippen LogP contribution in [0.4, 0.5) is 5.00 Å². The first-order valence-corrected chi connectivity index (χ1v) is 11.5. The van der Waals surface area contributed by atoms with Crippen LogP contribution in [-0.4, -0.2) is 28.5 Å². The standard InChI is InChI=1S/C25H20N4O3S/c26-13-18-17-8-4-5-9-21(17)33-24(18)29-22(30)14-32-25(31)16-10-11-19-20(12-16)28-23(27-19)15-6-2-1-3-7-15/h1-3,6-7,10-12H,4-5,8-9,14H2,(H,27,28)(H,29,30). The summed E-state index contributed by atoms with van der Waals surface area (Å²) in [6, 6.07) is 16.9. The van der Waals surface area contributed by atoms with E-state index in [1.165, 1.54) is 11.3 Å². The van der Waals surface area contributed by atoms with Gasteiger partial charge < -0.3 is 15.0 Å². The number of fused-ring (bicyclic) bond motifs is 2. The number of nitrogens with zero attached hydrogens (tertiary/aromatic N) is 2. The maximum absolute atomic E-state index is 12.5. The Morgan fingerprint density at radius 1 is 1.15 bits per heavy atom. The molecule has 0 radical (unpaired) electrons. The normalized spacial score (nSPS) is 12.7. The van der Waals surface area contributed by atoms with Crippen LogP contribution in [0.1, 0.15) is 39.2 Å². The van der Waals surface area contributed by atoms with Gasteiger partial charge in [0.15, 0.2) is 6.61 Å². The molecule has 0 saturated carbocycles. The smallest absolute Gasteiger partial charge is 0.338 e. The minimum atomic E-state index is -0.603. The van der Waals surface area contributed by atoms with E-state index in [-0.39, 0.29) is 0 Å². The lowest BCUT2D eigenvalue weighted by molar-refractivity contribution is -0.119. The Bertz CT molecular complexity index is 1400. The molecule has 0 fully saturated rings. The number of hydrogen-bond acceptors (Lipinski definition) is 6. The molecule has 33 heavy (non-hydrogen) atoms. The van der Waals surface area contributed by atoms with E-state index in [2.05, 4.69) is 21.4 Å². The molecule has 5 rings (SSSR count). The predicted octanol–water partition coefficient (Wildman–Crippen LogP) is 4.84. The maximum atomic E-state index is 12.5. The number of benzene rings is 2. The summed E-state index contributed by atoms with van der Waals surface area (Å²) in [5.41, 5.74) is 4.28. The molecule has 2 N–H and O–H groups in total. The van der Waals surface area contributed by atoms with Crippen molar-refractivity contribution in [3.05, 3.63) is 70.1 Å². The number of thiophene rings is 1. The van der Waals surface area contributed by atoms with Crippen LogP contribution in [0.3, 0.4) is 0 Å². The van der Waals surface area contributed by atoms with Crippen molar-refractivity contribution in [1.82, 2.24) is 9.97 Å². The number of hydrogen-bond donors (Lipinski definition) is 2. The van der Waals surface area contributed by atoms with Crippen molar-refractivity contribution in [2.24, 2.45) is 0 Å². The molecular formula is C25H20N4O3S. The Balaban J connectivity index is 1.25. The number of amides is 1. The molecular weight excluding hydrogens is 436 g/mol. The van der Waals surface area contributed by atoms with Crippen LogP contribution in [0.5, 0.6) is 0 Å². The highest BCUT2D eigenvalue weighted by Gasteiger charge is 2.22. The van der Waals surface area contributed by atoms with E-state index in [1.807, 2.05) is 30.3 Å². The number of H-pyrrole nitrogens is 1. The molecule has 8 heteroatoms. The Labute approximate surface area is 194 Å². The zero-order valence-electron chi connectivity index (χ0n) is 17.7. The molecule has 1 aliphatic rings. The molecule has 164 valence electrons. The Kier molecular flexibility index (Phi) is 5.63. The molecule has 7 nitrogen and oxygen atoms in total. The highest BCUT2D eigenvalue weighted by atomic mass is 32.1. The third-order valence-electron chi connectivity index (χ3n) is 5.64. The van der Waals surface area contributed by atoms with Crippen LogP contribution in [-0.2, 0) is 22.4 Å². The quantitative estimate of drug-likeness (QED) is 0.418. The molecule has 2 heterocycles. The van der Waals surface area contributed by atoms with Gasteiger partial charge in [-0.25, -0.2) is 9.78 Å². The fourth-order valence-electron chi connectivity index (χ4n) is 4.02. The summed E-state index contributed by atoms with van der Waals surface area (Å²) in [6.07, 6.45) is 3.94. The highest BCUT2D eigenvalue weighted by molar-refractivity contribution is 7.16. The first kappa shape index (κ1) is 20.9. The van der Waals surface area contributed by atoms with Crippen molar-refractivity contribution in [3.8, 4) is 17.5 Å². The molecule has 0 bridgehead atoms. The molecule has 2 aromatic carbocycles. The van der Waals surface area contributed by atoms with Crippen molar-refractivity contribution in [2.75, 3.05) is 11.9 Å². The van der Waals surface area contributed by atoms with Crippen molar-refractivity contribution in [2.45, 2.75) is 25.7 Å². The monoisotopic (exact) mass is 456 g/mol. The van der Waals surface area contributed by atoms with Crippen LogP contribution < -0.4 is 5.32 Å². The SMILES string of the molecule is N#Cc1c(NC(=O)COC(=O)c2ccc3nc(-c4ccccc4)[nH]c3c2)sc2c1CCCC2. The summed E-state index contributed by atoms with van der Waals surface area (Å²) in [4.78, 5) is 33.8. The van der Waals surface area contributed by atoms with Crippen molar-refractivity contribution in [3.63, 3.8) is 0 Å². The molecule has 1 aliphatic carbocycles. The van der Waals surface area contributed by atoms with Gasteiger partial charge in [0.2, 0.25) is 0 Å². The number of aryl methyl sites for hydroxylation is 1. The average molecular weight is 457 g/mol. The fourth-order valence-corrected chi connectivity index (χ4v) is 5.27. The number of nitrogens with one attached hydrogen (secondary N) is 2. The maximum Gasteiger partial charge on any atom is 0.338 e. The van der Waals surface area contributed by atoms with Gasteiger partial charge in [0, 0.05) is 10.4 Å². The predicted molar refractivity (Wildman–Crippen MR) is 126 cm³/mol. The van der Waals surface area contributed by atoms with Gasteiger partial charge in [-0.1, -0.05) is 30.3 Å². The number of nitriles is 1. The zero-order valence-corrected chi connectivity index (χ0v) is 18.5. The first-order valence-electron chi connectivity index (χ1n) is 10.7. The molecule has 0 unspecified atom stereocenters. The molecule has 4 aromatic rings. The lowest BCUT2D eigenvalue weighted by Gasteiger charge is -2.09. The van der Waals surface area contributed by atoms with Crippen molar-refractivity contribution in [1.29, 1.82) is 5.26 Å². The third kappa shape index (κ3) is 4.23. The summed E-state index contributed by atoms with van der Waals surface area (Å²) in [5, 5.41) is 12.8. The van der Waals surface area contributed by atoms with Gasteiger partial charge in [0.1, 0.15) is 16.9 Å². The lowest BCUT2D eigenvalue weighted by Crippen LogP contribution is -2.20. The van der Waals surface area contributed by atoms with Crippen LogP contribution in [0, 0.1) is 11.3 Å². The van der Waals surface area contributed by atoms with Crippen LogP contribution >= 0.6 is 11.3 Å². The van der Waals surface area contributed by atoms with Crippen LogP contribution in [0.15, 0.2) is 48.5 Å². The second-order valence-corrected chi connectivity index (χ2v) is 8.94. The summed E-state index contributed by atoms with van der Waals surface area (Å²) < 4.78 is 5.21. The lowest BCUT2D eigenvalue weighted by atomic mass is 9.96. The van der Waals surface area contributed by atoms with Gasteiger partial charge in [-0.3, -0.25) is 4.79 Å². The summed E-state index contributed by atoms with van der Waals surface area (Å²) >= 11 is 1.44. The second kappa shape index (κ2) is 8.88. The molecule has 0 spiro atoms. The van der Waals surface area contributed by atoms with E-state index in [1.54, 1.807) is 18.2 Å². The number of rotatable bonds is 5. The van der Waals surface area contributed by atoms with Gasteiger partial charge in [0.25, 0.3) is 5.91 Å². The molecule has 0 atom stereocenters.